The molecule has 0 bridgehead atoms. The number of carbonyl (C=O) groups excluding carboxylic acids is 1. The Morgan fingerprint density at radius 3 is 2.70 bits per heavy atom. The Hall–Kier alpha value is -3.09. The Morgan fingerprint density at radius 2 is 1.87 bits per heavy atom. The molecule has 3 aromatic rings. The number of aromatic amines is 1. The SMILES string of the molecule is O=C(OC1Cc2ccccc2C1)N1CCCC2C1CCN2c1ncnc2[nH]ccc12. The largest absolute Gasteiger partial charge is 0.445 e. The van der Waals surface area contributed by atoms with Gasteiger partial charge in [-0.3, -0.25) is 0 Å². The molecule has 154 valence electrons. The highest BCUT2D eigenvalue weighted by Crippen LogP contribution is 2.36. The third-order valence-electron chi connectivity index (χ3n) is 6.93. The van der Waals surface area contributed by atoms with Gasteiger partial charge in [-0.2, -0.15) is 0 Å². The van der Waals surface area contributed by atoms with Gasteiger partial charge >= 0.3 is 6.09 Å². The first kappa shape index (κ1) is 17.7. The molecule has 30 heavy (non-hydrogen) atoms. The highest BCUT2D eigenvalue weighted by molar-refractivity contribution is 5.87. The van der Waals surface area contributed by atoms with Gasteiger partial charge in [0.1, 0.15) is 23.9 Å². The average molecular weight is 403 g/mol. The van der Waals surface area contributed by atoms with Gasteiger partial charge in [-0.25, -0.2) is 14.8 Å². The van der Waals surface area contributed by atoms with Crippen LogP contribution >= 0.6 is 0 Å². The molecular formula is C23H25N5O2. The molecule has 2 saturated heterocycles. The molecule has 1 aromatic carbocycles. The molecule has 7 heteroatoms. The van der Waals surface area contributed by atoms with E-state index in [1.807, 2.05) is 17.2 Å². The molecule has 2 aliphatic heterocycles. The van der Waals surface area contributed by atoms with Crippen LogP contribution in [0.4, 0.5) is 10.6 Å². The van der Waals surface area contributed by atoms with Crippen LogP contribution in [-0.2, 0) is 17.6 Å². The summed E-state index contributed by atoms with van der Waals surface area (Å²) in [4.78, 5) is 29.5. The topological polar surface area (TPSA) is 74.3 Å². The smallest absolute Gasteiger partial charge is 0.410 e. The summed E-state index contributed by atoms with van der Waals surface area (Å²) < 4.78 is 5.98. The number of fused-ring (bicyclic) bond motifs is 3. The zero-order valence-corrected chi connectivity index (χ0v) is 16.8. The number of nitrogens with zero attached hydrogens (tertiary/aromatic N) is 4. The van der Waals surface area contributed by atoms with E-state index in [2.05, 4.69) is 44.1 Å². The highest BCUT2D eigenvalue weighted by atomic mass is 16.6. The summed E-state index contributed by atoms with van der Waals surface area (Å²) in [6, 6.07) is 10.9. The Bertz CT molecular complexity index is 1070. The minimum absolute atomic E-state index is 0.0471. The van der Waals surface area contributed by atoms with Crippen LogP contribution in [0.25, 0.3) is 11.0 Å². The van der Waals surface area contributed by atoms with Gasteiger partial charge in [-0.15, -0.1) is 0 Å². The van der Waals surface area contributed by atoms with Crippen LogP contribution in [0.3, 0.4) is 0 Å². The van der Waals surface area contributed by atoms with Gasteiger partial charge in [0.2, 0.25) is 0 Å². The predicted molar refractivity (Wildman–Crippen MR) is 113 cm³/mol. The Morgan fingerprint density at radius 1 is 1.03 bits per heavy atom. The molecule has 2 unspecified atom stereocenters. The van der Waals surface area contributed by atoms with Gasteiger partial charge in [0, 0.05) is 32.1 Å². The van der Waals surface area contributed by atoms with Gasteiger partial charge in [-0.05, 0) is 36.5 Å². The zero-order valence-electron chi connectivity index (χ0n) is 16.8. The van der Waals surface area contributed by atoms with Crippen LogP contribution in [0.2, 0.25) is 0 Å². The number of nitrogens with one attached hydrogen (secondary N) is 1. The van der Waals surface area contributed by atoms with E-state index in [1.54, 1.807) is 6.33 Å². The number of aromatic nitrogens is 3. The van der Waals surface area contributed by atoms with Crippen molar-refractivity contribution in [3.63, 3.8) is 0 Å². The van der Waals surface area contributed by atoms with Gasteiger partial charge in [-0.1, -0.05) is 24.3 Å². The third kappa shape index (κ3) is 2.83. The highest BCUT2D eigenvalue weighted by Gasteiger charge is 2.44. The van der Waals surface area contributed by atoms with Crippen LogP contribution in [-0.4, -0.2) is 57.2 Å². The van der Waals surface area contributed by atoms with Crippen molar-refractivity contribution in [1.82, 2.24) is 19.9 Å². The van der Waals surface area contributed by atoms with E-state index < -0.39 is 0 Å². The van der Waals surface area contributed by atoms with E-state index in [0.29, 0.717) is 0 Å². The molecule has 1 aliphatic carbocycles. The maximum atomic E-state index is 13.1. The van der Waals surface area contributed by atoms with Crippen LogP contribution in [0, 0.1) is 0 Å². The van der Waals surface area contributed by atoms with Crippen molar-refractivity contribution in [2.24, 2.45) is 0 Å². The predicted octanol–water partition coefficient (Wildman–Crippen LogP) is 3.31. The van der Waals surface area contributed by atoms with Crippen molar-refractivity contribution >= 4 is 22.9 Å². The fraction of sp³-hybridized carbons (Fsp3) is 0.435. The van der Waals surface area contributed by atoms with Gasteiger partial charge in [0.15, 0.2) is 0 Å². The average Bonchev–Trinajstić information content (AvgIpc) is 3.50. The van der Waals surface area contributed by atoms with E-state index in [4.69, 9.17) is 4.74 Å². The fourth-order valence-electron chi connectivity index (χ4n) is 5.57. The summed E-state index contributed by atoms with van der Waals surface area (Å²) >= 11 is 0. The van der Waals surface area contributed by atoms with Crippen LogP contribution in [0.5, 0.6) is 0 Å². The number of ether oxygens (including phenoxy) is 1. The molecule has 2 aromatic heterocycles. The van der Waals surface area contributed by atoms with Crippen LogP contribution in [0.1, 0.15) is 30.4 Å². The number of carbonyl (C=O) groups is 1. The number of amides is 1. The van der Waals surface area contributed by atoms with Crippen molar-refractivity contribution in [2.45, 2.75) is 50.3 Å². The van der Waals surface area contributed by atoms with Crippen molar-refractivity contribution in [1.29, 1.82) is 0 Å². The first-order chi connectivity index (χ1) is 14.8. The molecule has 6 rings (SSSR count). The van der Waals surface area contributed by atoms with E-state index in [9.17, 15) is 4.79 Å². The van der Waals surface area contributed by atoms with Gasteiger partial charge in [0.05, 0.1) is 17.5 Å². The molecule has 1 N–H and O–H groups in total. The fourth-order valence-corrected chi connectivity index (χ4v) is 5.57. The Kier molecular flexibility index (Phi) is 4.14. The molecule has 0 saturated carbocycles. The number of hydrogen-bond donors (Lipinski definition) is 1. The lowest BCUT2D eigenvalue weighted by atomic mass is 9.97. The summed E-state index contributed by atoms with van der Waals surface area (Å²) in [7, 11) is 0. The van der Waals surface area contributed by atoms with Crippen LogP contribution < -0.4 is 4.90 Å². The van der Waals surface area contributed by atoms with Crippen molar-refractivity contribution in [3.05, 3.63) is 54.0 Å². The molecule has 2 fully saturated rings. The van der Waals surface area contributed by atoms with Gasteiger partial charge < -0.3 is 19.5 Å². The molecule has 4 heterocycles. The van der Waals surface area contributed by atoms with Gasteiger partial charge in [0.25, 0.3) is 0 Å². The molecular weight excluding hydrogens is 378 g/mol. The Labute approximate surface area is 175 Å². The third-order valence-corrected chi connectivity index (χ3v) is 6.93. The second-order valence-corrected chi connectivity index (χ2v) is 8.57. The summed E-state index contributed by atoms with van der Waals surface area (Å²) in [6.45, 7) is 1.67. The monoisotopic (exact) mass is 403 g/mol. The number of H-pyrrole nitrogens is 1. The lowest BCUT2D eigenvalue weighted by molar-refractivity contribution is 0.0443. The number of anilines is 1. The molecule has 7 nitrogen and oxygen atoms in total. The van der Waals surface area contributed by atoms with E-state index in [1.165, 1.54) is 11.1 Å². The molecule has 0 spiro atoms. The first-order valence-corrected chi connectivity index (χ1v) is 10.9. The number of piperidine rings is 1. The lowest BCUT2D eigenvalue weighted by Crippen LogP contribution is -2.52. The minimum Gasteiger partial charge on any atom is -0.445 e. The number of benzene rings is 1. The zero-order chi connectivity index (χ0) is 20.1. The standard InChI is InChI=1S/C23H25N5O2/c29-23(30-17-12-15-4-1-2-5-16(15)13-17)28-10-3-6-19-20(28)8-11-27(19)22-18-7-9-24-21(18)25-14-26-22/h1-2,4-5,7,9,14,17,19-20H,3,6,8,10-13H2,(H,24,25,26). The summed E-state index contributed by atoms with van der Waals surface area (Å²) in [5.74, 6) is 0.968. The normalized spacial score (nSPS) is 23.6. The quantitative estimate of drug-likeness (QED) is 0.711. The first-order valence-electron chi connectivity index (χ1n) is 10.9. The van der Waals surface area contributed by atoms with E-state index in [0.717, 1.165) is 62.0 Å². The van der Waals surface area contributed by atoms with E-state index in [-0.39, 0.29) is 24.3 Å². The Balaban J connectivity index is 1.19. The summed E-state index contributed by atoms with van der Waals surface area (Å²) in [5, 5.41) is 1.04. The maximum absolute atomic E-state index is 13.1. The van der Waals surface area contributed by atoms with Crippen LogP contribution in [0.15, 0.2) is 42.9 Å². The minimum atomic E-state index is -0.154. The maximum Gasteiger partial charge on any atom is 0.410 e. The molecule has 0 radical (unpaired) electrons. The number of likely N-dealkylation sites (tertiary alicyclic amines) is 1. The molecule has 1 amide bonds. The number of hydrogen-bond acceptors (Lipinski definition) is 5. The molecule has 2 atom stereocenters. The summed E-state index contributed by atoms with van der Waals surface area (Å²) in [5.41, 5.74) is 3.47. The second-order valence-electron chi connectivity index (χ2n) is 8.57. The van der Waals surface area contributed by atoms with E-state index >= 15 is 0 Å². The summed E-state index contributed by atoms with van der Waals surface area (Å²) in [6.07, 6.45) is 7.96. The number of rotatable bonds is 2. The second kappa shape index (κ2) is 7.00. The van der Waals surface area contributed by atoms with Crippen molar-refractivity contribution < 1.29 is 9.53 Å². The van der Waals surface area contributed by atoms with Crippen molar-refractivity contribution in [3.8, 4) is 0 Å². The lowest BCUT2D eigenvalue weighted by Gasteiger charge is -2.40. The van der Waals surface area contributed by atoms with Crippen molar-refractivity contribution in [2.75, 3.05) is 18.0 Å². The molecule has 3 aliphatic rings.